The van der Waals surface area contributed by atoms with Crippen molar-refractivity contribution in [2.75, 3.05) is 30.8 Å². The monoisotopic (exact) mass is 599 g/mol. The van der Waals surface area contributed by atoms with Crippen molar-refractivity contribution in [1.82, 2.24) is 10.2 Å². The average Bonchev–Trinajstić information content (AvgIpc) is 2.93. The maximum Gasteiger partial charge on any atom is 0.244 e. The Morgan fingerprint density at radius 2 is 1.71 bits per heavy atom. The van der Waals surface area contributed by atoms with E-state index in [0.29, 0.717) is 22.9 Å². The summed E-state index contributed by atoms with van der Waals surface area (Å²) in [6, 6.07) is 20.7. The number of halogens is 1. The molecule has 0 saturated heterocycles. The molecule has 0 heterocycles. The first kappa shape index (κ1) is 32.0. The molecule has 0 fully saturated rings. The van der Waals surface area contributed by atoms with Gasteiger partial charge in [-0.1, -0.05) is 73.5 Å². The maximum absolute atomic E-state index is 14.2. The van der Waals surface area contributed by atoms with Crippen molar-refractivity contribution in [3.05, 3.63) is 94.5 Å². The van der Waals surface area contributed by atoms with Gasteiger partial charge in [0.05, 0.1) is 19.1 Å². The summed E-state index contributed by atoms with van der Waals surface area (Å²) < 4.78 is 32.6. The van der Waals surface area contributed by atoms with Gasteiger partial charge in [-0.25, -0.2) is 8.42 Å². The molecule has 0 aliphatic heterocycles. The van der Waals surface area contributed by atoms with E-state index in [1.807, 2.05) is 50.2 Å². The summed E-state index contributed by atoms with van der Waals surface area (Å²) in [7, 11) is -2.47. The molecule has 3 aromatic carbocycles. The minimum atomic E-state index is -3.91. The number of hydrogen-bond acceptors (Lipinski definition) is 5. The Balaban J connectivity index is 2.08. The topological polar surface area (TPSA) is 96.0 Å². The summed E-state index contributed by atoms with van der Waals surface area (Å²) in [4.78, 5) is 29.3. The number of ether oxygens (including phenoxy) is 1. The smallest absolute Gasteiger partial charge is 0.244 e. The third-order valence-corrected chi connectivity index (χ3v) is 7.99. The highest BCUT2D eigenvalue weighted by atomic mass is 35.5. The van der Waals surface area contributed by atoms with Crippen molar-refractivity contribution in [1.29, 1.82) is 0 Å². The number of carbonyl (C=O) groups excluding carboxylic acids is 2. The number of rotatable bonds is 14. The molecule has 2 amide bonds. The fourth-order valence-electron chi connectivity index (χ4n) is 4.48. The number of nitrogens with zero attached hydrogens (tertiary/aromatic N) is 2. The van der Waals surface area contributed by atoms with Crippen LogP contribution in [0.1, 0.15) is 36.5 Å². The van der Waals surface area contributed by atoms with Crippen molar-refractivity contribution in [2.24, 2.45) is 0 Å². The minimum Gasteiger partial charge on any atom is -0.495 e. The van der Waals surface area contributed by atoms with Crippen LogP contribution in [0, 0.1) is 6.92 Å². The third-order valence-electron chi connectivity index (χ3n) is 6.62. The van der Waals surface area contributed by atoms with Gasteiger partial charge in [0.25, 0.3) is 0 Å². The highest BCUT2D eigenvalue weighted by Gasteiger charge is 2.33. The molecule has 0 saturated carbocycles. The molecular weight excluding hydrogens is 562 g/mol. The van der Waals surface area contributed by atoms with Crippen LogP contribution >= 0.6 is 11.6 Å². The van der Waals surface area contributed by atoms with E-state index in [4.69, 9.17) is 16.3 Å². The third kappa shape index (κ3) is 9.23. The van der Waals surface area contributed by atoms with E-state index in [0.717, 1.165) is 34.5 Å². The number of amides is 2. The van der Waals surface area contributed by atoms with Crippen LogP contribution in [0.5, 0.6) is 5.75 Å². The van der Waals surface area contributed by atoms with Crippen molar-refractivity contribution < 1.29 is 22.7 Å². The standard InChI is InChI=1S/C31H38ClN3O5S/c1-5-6-17-33-31(37)28(20-24-11-8-7-9-12-24)34(21-25-13-10-14-26(32)19-25)30(36)22-35(41(4,38)39)27-18-23(2)15-16-29(27)40-3/h7-16,18-19,28H,5-6,17,20-22H2,1-4H3,(H,33,37)/t28-/m1/s1. The fourth-order valence-corrected chi connectivity index (χ4v) is 5.54. The van der Waals surface area contributed by atoms with E-state index in [9.17, 15) is 18.0 Å². The molecule has 3 aromatic rings. The van der Waals surface area contributed by atoms with Crippen LogP contribution in [-0.4, -0.2) is 57.6 Å². The Labute approximate surface area is 248 Å². The number of sulfonamides is 1. The average molecular weight is 600 g/mol. The minimum absolute atomic E-state index is 0.0562. The van der Waals surface area contributed by atoms with Crippen LogP contribution in [0.15, 0.2) is 72.8 Å². The molecule has 0 aromatic heterocycles. The number of carbonyl (C=O) groups is 2. The van der Waals surface area contributed by atoms with E-state index in [2.05, 4.69) is 5.32 Å². The van der Waals surface area contributed by atoms with E-state index in [1.54, 1.807) is 36.4 Å². The zero-order chi connectivity index (χ0) is 30.0. The summed E-state index contributed by atoms with van der Waals surface area (Å²) in [6.45, 7) is 3.86. The van der Waals surface area contributed by atoms with Gasteiger partial charge in [0.15, 0.2) is 0 Å². The maximum atomic E-state index is 14.2. The quantitative estimate of drug-likeness (QED) is 0.264. The highest BCUT2D eigenvalue weighted by Crippen LogP contribution is 2.31. The zero-order valence-corrected chi connectivity index (χ0v) is 25.5. The van der Waals surface area contributed by atoms with Crippen molar-refractivity contribution >= 4 is 39.1 Å². The molecular formula is C31H38ClN3O5S. The fraction of sp³-hybridized carbons (Fsp3) is 0.355. The molecule has 1 N–H and O–H groups in total. The van der Waals surface area contributed by atoms with E-state index in [1.165, 1.54) is 12.0 Å². The predicted octanol–water partition coefficient (Wildman–Crippen LogP) is 4.98. The molecule has 220 valence electrons. The lowest BCUT2D eigenvalue weighted by atomic mass is 10.0. The number of methoxy groups -OCH3 is 1. The van der Waals surface area contributed by atoms with Gasteiger partial charge in [-0.15, -0.1) is 0 Å². The van der Waals surface area contributed by atoms with E-state index < -0.39 is 28.5 Å². The summed E-state index contributed by atoms with van der Waals surface area (Å²) in [6.07, 6.45) is 2.98. The first-order valence-electron chi connectivity index (χ1n) is 13.5. The van der Waals surface area contributed by atoms with Gasteiger partial charge in [-0.3, -0.25) is 13.9 Å². The molecule has 0 aliphatic carbocycles. The summed E-state index contributed by atoms with van der Waals surface area (Å²) >= 11 is 6.25. The molecule has 0 unspecified atom stereocenters. The van der Waals surface area contributed by atoms with Gasteiger partial charge in [-0.2, -0.15) is 0 Å². The second-order valence-electron chi connectivity index (χ2n) is 9.95. The lowest BCUT2D eigenvalue weighted by Crippen LogP contribution is -2.53. The predicted molar refractivity (Wildman–Crippen MR) is 164 cm³/mol. The van der Waals surface area contributed by atoms with Crippen molar-refractivity contribution in [2.45, 2.75) is 45.7 Å². The first-order valence-corrected chi connectivity index (χ1v) is 15.7. The number of unbranched alkanes of at least 4 members (excludes halogenated alkanes) is 1. The lowest BCUT2D eigenvalue weighted by molar-refractivity contribution is -0.140. The van der Waals surface area contributed by atoms with Crippen LogP contribution in [0.3, 0.4) is 0 Å². The largest absolute Gasteiger partial charge is 0.495 e. The second-order valence-corrected chi connectivity index (χ2v) is 12.3. The Morgan fingerprint density at radius 3 is 2.34 bits per heavy atom. The molecule has 0 bridgehead atoms. The van der Waals surface area contributed by atoms with E-state index >= 15 is 0 Å². The molecule has 0 spiro atoms. The van der Waals surface area contributed by atoms with Crippen LogP contribution in [0.2, 0.25) is 5.02 Å². The van der Waals surface area contributed by atoms with Gasteiger partial charge >= 0.3 is 0 Å². The van der Waals surface area contributed by atoms with Gasteiger partial charge in [0, 0.05) is 24.5 Å². The van der Waals surface area contributed by atoms with Crippen LogP contribution in [-0.2, 0) is 32.6 Å². The van der Waals surface area contributed by atoms with Crippen LogP contribution in [0.25, 0.3) is 0 Å². The molecule has 8 nitrogen and oxygen atoms in total. The number of aryl methyl sites for hydroxylation is 1. The number of nitrogens with one attached hydrogen (secondary N) is 1. The van der Waals surface area contributed by atoms with Crippen molar-refractivity contribution in [3.8, 4) is 5.75 Å². The summed E-state index contributed by atoms with van der Waals surface area (Å²) in [5.74, 6) is -0.532. The zero-order valence-electron chi connectivity index (χ0n) is 24.0. The van der Waals surface area contributed by atoms with Gasteiger partial charge < -0.3 is 15.0 Å². The molecule has 41 heavy (non-hydrogen) atoms. The van der Waals surface area contributed by atoms with Crippen LogP contribution < -0.4 is 14.4 Å². The Hall–Kier alpha value is -3.56. The lowest BCUT2D eigenvalue weighted by Gasteiger charge is -2.34. The molecule has 1 atom stereocenters. The number of benzene rings is 3. The van der Waals surface area contributed by atoms with Crippen molar-refractivity contribution in [3.63, 3.8) is 0 Å². The Bertz CT molecular complexity index is 1430. The second kappa shape index (κ2) is 14.9. The van der Waals surface area contributed by atoms with Gasteiger partial charge in [0.2, 0.25) is 21.8 Å². The number of anilines is 1. The molecule has 0 aliphatic rings. The molecule has 3 rings (SSSR count). The Morgan fingerprint density at radius 1 is 1.00 bits per heavy atom. The Kier molecular flexibility index (Phi) is 11.6. The summed E-state index contributed by atoms with van der Waals surface area (Å²) in [5.41, 5.74) is 2.63. The first-order chi connectivity index (χ1) is 19.5. The van der Waals surface area contributed by atoms with Crippen LogP contribution in [0.4, 0.5) is 5.69 Å². The highest BCUT2D eigenvalue weighted by molar-refractivity contribution is 7.92. The molecule has 0 radical (unpaired) electrons. The van der Waals surface area contributed by atoms with E-state index in [-0.39, 0.29) is 24.6 Å². The number of hydrogen-bond donors (Lipinski definition) is 1. The van der Waals surface area contributed by atoms with Gasteiger partial charge in [-0.05, 0) is 54.3 Å². The van der Waals surface area contributed by atoms with Gasteiger partial charge in [0.1, 0.15) is 18.3 Å². The normalized spacial score (nSPS) is 11.9. The molecule has 10 heteroatoms. The SMILES string of the molecule is CCCCNC(=O)[C@@H](Cc1ccccc1)N(Cc1cccc(Cl)c1)C(=O)CN(c1cc(C)ccc1OC)S(C)(=O)=O. The summed E-state index contributed by atoms with van der Waals surface area (Å²) in [5, 5.41) is 3.46.